The van der Waals surface area contributed by atoms with E-state index in [4.69, 9.17) is 0 Å². The van der Waals surface area contributed by atoms with Crippen molar-refractivity contribution >= 4 is 15.8 Å². The van der Waals surface area contributed by atoms with Crippen LogP contribution in [0.1, 0.15) is 15.9 Å². The van der Waals surface area contributed by atoms with E-state index in [1.807, 2.05) is 0 Å². The van der Waals surface area contributed by atoms with Crippen LogP contribution in [0, 0.1) is 11.6 Å². The van der Waals surface area contributed by atoms with Gasteiger partial charge < -0.3 is 0 Å². The van der Waals surface area contributed by atoms with Crippen molar-refractivity contribution in [1.29, 1.82) is 0 Å². The zero-order chi connectivity index (χ0) is 20.1. The van der Waals surface area contributed by atoms with Gasteiger partial charge in [0, 0.05) is 12.1 Å². The van der Waals surface area contributed by atoms with Crippen LogP contribution < -0.4 is 0 Å². The van der Waals surface area contributed by atoms with Crippen molar-refractivity contribution in [3.8, 4) is 0 Å². The maximum absolute atomic E-state index is 13.2. The van der Waals surface area contributed by atoms with E-state index in [1.165, 1.54) is 48.5 Å². The Morgan fingerprint density at radius 3 is 1.89 bits per heavy atom. The standard InChI is InChI=1S/C21H17F2NO3S/c22-18-10-6-16(7-11-18)14-24(28(26,27)20-4-2-1-3-5-20)15-21(25)17-8-12-19(23)13-9-17/h1-13H,14-15H2. The van der Waals surface area contributed by atoms with E-state index in [0.29, 0.717) is 5.56 Å². The van der Waals surface area contributed by atoms with Crippen LogP contribution in [0.3, 0.4) is 0 Å². The van der Waals surface area contributed by atoms with Crippen LogP contribution in [0.15, 0.2) is 83.8 Å². The summed E-state index contributed by atoms with van der Waals surface area (Å²) < 4.78 is 53.4. The van der Waals surface area contributed by atoms with Crippen molar-refractivity contribution in [3.63, 3.8) is 0 Å². The van der Waals surface area contributed by atoms with E-state index in [0.717, 1.165) is 16.4 Å². The smallest absolute Gasteiger partial charge is 0.243 e. The zero-order valence-corrected chi connectivity index (χ0v) is 15.6. The molecule has 3 aromatic rings. The number of rotatable bonds is 7. The minimum Gasteiger partial charge on any atom is -0.293 e. The van der Waals surface area contributed by atoms with Crippen LogP contribution in [0.4, 0.5) is 8.78 Å². The largest absolute Gasteiger partial charge is 0.293 e. The highest BCUT2D eigenvalue weighted by Gasteiger charge is 2.27. The van der Waals surface area contributed by atoms with Crippen LogP contribution in [0.2, 0.25) is 0 Å². The summed E-state index contributed by atoms with van der Waals surface area (Å²) >= 11 is 0. The van der Waals surface area contributed by atoms with Crippen molar-refractivity contribution in [2.45, 2.75) is 11.4 Å². The van der Waals surface area contributed by atoms with Gasteiger partial charge in [0.05, 0.1) is 11.4 Å². The van der Waals surface area contributed by atoms with Gasteiger partial charge in [0.15, 0.2) is 5.78 Å². The highest BCUT2D eigenvalue weighted by molar-refractivity contribution is 7.89. The Bertz CT molecular complexity index is 1050. The number of benzene rings is 3. The summed E-state index contributed by atoms with van der Waals surface area (Å²) in [5, 5.41) is 0. The molecule has 3 aromatic carbocycles. The van der Waals surface area contributed by atoms with Gasteiger partial charge in [-0.3, -0.25) is 4.79 Å². The SMILES string of the molecule is O=C(CN(Cc1ccc(F)cc1)S(=O)(=O)c1ccccc1)c1ccc(F)cc1. The number of hydrogen-bond acceptors (Lipinski definition) is 3. The molecule has 144 valence electrons. The number of carbonyl (C=O) groups excluding carboxylic acids is 1. The van der Waals surface area contributed by atoms with Crippen molar-refractivity contribution in [2.75, 3.05) is 6.54 Å². The number of halogens is 2. The molecule has 7 heteroatoms. The predicted molar refractivity (Wildman–Crippen MR) is 101 cm³/mol. The average Bonchev–Trinajstić information content (AvgIpc) is 2.70. The van der Waals surface area contributed by atoms with Gasteiger partial charge in [0.25, 0.3) is 0 Å². The molecule has 0 saturated heterocycles. The summed E-state index contributed by atoms with van der Waals surface area (Å²) in [6, 6.07) is 18.0. The van der Waals surface area contributed by atoms with E-state index in [2.05, 4.69) is 0 Å². The molecular formula is C21H17F2NO3S. The van der Waals surface area contributed by atoms with E-state index in [1.54, 1.807) is 18.2 Å². The maximum atomic E-state index is 13.2. The molecule has 0 spiro atoms. The molecular weight excluding hydrogens is 384 g/mol. The molecule has 0 unspecified atom stereocenters. The highest BCUT2D eigenvalue weighted by atomic mass is 32.2. The van der Waals surface area contributed by atoms with Gasteiger partial charge in [-0.1, -0.05) is 30.3 Å². The average molecular weight is 401 g/mol. The van der Waals surface area contributed by atoms with Gasteiger partial charge in [-0.2, -0.15) is 4.31 Å². The molecule has 0 radical (unpaired) electrons. The summed E-state index contributed by atoms with van der Waals surface area (Å²) in [4.78, 5) is 12.6. The first-order chi connectivity index (χ1) is 13.4. The van der Waals surface area contributed by atoms with Crippen molar-refractivity contribution in [1.82, 2.24) is 4.31 Å². The van der Waals surface area contributed by atoms with Crippen molar-refractivity contribution < 1.29 is 22.0 Å². The first-order valence-electron chi connectivity index (χ1n) is 8.45. The first-order valence-corrected chi connectivity index (χ1v) is 9.89. The lowest BCUT2D eigenvalue weighted by atomic mass is 10.1. The van der Waals surface area contributed by atoms with Crippen LogP contribution >= 0.6 is 0 Å². The second kappa shape index (κ2) is 8.41. The lowest BCUT2D eigenvalue weighted by Crippen LogP contribution is -2.35. The van der Waals surface area contributed by atoms with Crippen LogP contribution in [0.25, 0.3) is 0 Å². The fourth-order valence-corrected chi connectivity index (χ4v) is 4.05. The molecule has 0 aliphatic heterocycles. The second-order valence-electron chi connectivity index (χ2n) is 6.14. The lowest BCUT2D eigenvalue weighted by molar-refractivity contribution is 0.0964. The van der Waals surface area contributed by atoms with Crippen LogP contribution in [-0.2, 0) is 16.6 Å². The molecule has 0 fully saturated rings. The molecule has 0 heterocycles. The Hall–Kier alpha value is -2.90. The summed E-state index contributed by atoms with van der Waals surface area (Å²) in [5.41, 5.74) is 0.738. The number of carbonyl (C=O) groups is 1. The van der Waals surface area contributed by atoms with Gasteiger partial charge in [-0.05, 0) is 54.1 Å². The maximum Gasteiger partial charge on any atom is 0.243 e. The van der Waals surface area contributed by atoms with Crippen molar-refractivity contribution in [2.24, 2.45) is 0 Å². The Kier molecular flexibility index (Phi) is 5.96. The van der Waals surface area contributed by atoms with E-state index >= 15 is 0 Å². The monoisotopic (exact) mass is 401 g/mol. The summed E-state index contributed by atoms with van der Waals surface area (Å²) in [6.45, 7) is -0.537. The van der Waals surface area contributed by atoms with Crippen LogP contribution in [-0.4, -0.2) is 25.1 Å². The minimum absolute atomic E-state index is 0.0454. The van der Waals surface area contributed by atoms with E-state index in [9.17, 15) is 22.0 Å². The fraction of sp³-hybridized carbons (Fsp3) is 0.0952. The topological polar surface area (TPSA) is 54.5 Å². The third-order valence-electron chi connectivity index (χ3n) is 4.14. The van der Waals surface area contributed by atoms with Gasteiger partial charge in [0.2, 0.25) is 10.0 Å². The normalized spacial score (nSPS) is 11.5. The molecule has 0 N–H and O–H groups in total. The number of Topliss-reactive ketones (excluding diaryl/α,β-unsaturated/α-hetero) is 1. The Morgan fingerprint density at radius 2 is 1.32 bits per heavy atom. The van der Waals surface area contributed by atoms with Crippen molar-refractivity contribution in [3.05, 3.63) is 102 Å². The quantitative estimate of drug-likeness (QED) is 0.562. The van der Waals surface area contributed by atoms with Gasteiger partial charge >= 0.3 is 0 Å². The molecule has 0 amide bonds. The number of nitrogens with zero attached hydrogens (tertiary/aromatic N) is 1. The summed E-state index contributed by atoms with van der Waals surface area (Å²) in [5.74, 6) is -1.40. The van der Waals surface area contributed by atoms with Gasteiger partial charge in [-0.25, -0.2) is 17.2 Å². The molecule has 0 aromatic heterocycles. The lowest BCUT2D eigenvalue weighted by Gasteiger charge is -2.22. The fourth-order valence-electron chi connectivity index (χ4n) is 2.65. The van der Waals surface area contributed by atoms with E-state index < -0.39 is 34.0 Å². The Balaban J connectivity index is 1.92. The third kappa shape index (κ3) is 4.68. The molecule has 0 aliphatic carbocycles. The minimum atomic E-state index is -3.98. The molecule has 3 rings (SSSR count). The van der Waals surface area contributed by atoms with Gasteiger partial charge in [-0.15, -0.1) is 0 Å². The zero-order valence-electron chi connectivity index (χ0n) is 14.8. The number of sulfonamides is 1. The molecule has 0 aliphatic rings. The van der Waals surface area contributed by atoms with E-state index in [-0.39, 0.29) is 17.0 Å². The predicted octanol–water partition coefficient (Wildman–Crippen LogP) is 4.04. The third-order valence-corrected chi connectivity index (χ3v) is 5.95. The molecule has 4 nitrogen and oxygen atoms in total. The van der Waals surface area contributed by atoms with Crippen LogP contribution in [0.5, 0.6) is 0 Å². The highest BCUT2D eigenvalue weighted by Crippen LogP contribution is 2.19. The number of ketones is 1. The molecule has 0 atom stereocenters. The Labute approximate surface area is 162 Å². The second-order valence-corrected chi connectivity index (χ2v) is 8.08. The number of hydrogen-bond donors (Lipinski definition) is 0. The molecule has 0 bridgehead atoms. The Morgan fingerprint density at radius 1 is 0.786 bits per heavy atom. The van der Waals surface area contributed by atoms with Gasteiger partial charge in [0.1, 0.15) is 11.6 Å². The molecule has 0 saturated carbocycles. The molecule has 28 heavy (non-hydrogen) atoms. The summed E-state index contributed by atoms with van der Waals surface area (Å²) in [7, 11) is -3.98. The summed E-state index contributed by atoms with van der Waals surface area (Å²) in [6.07, 6.45) is 0. The first kappa shape index (κ1) is 19.9.